The fourth-order valence-electron chi connectivity index (χ4n) is 6.79. The Morgan fingerprint density at radius 2 is 1.76 bits per heavy atom. The summed E-state index contributed by atoms with van der Waals surface area (Å²) in [6.07, 6.45) is 11.6. The van der Waals surface area contributed by atoms with Crippen molar-refractivity contribution in [1.82, 2.24) is 4.98 Å². The first-order valence-corrected chi connectivity index (χ1v) is 14.8. The van der Waals surface area contributed by atoms with Crippen molar-refractivity contribution in [2.24, 2.45) is 10.8 Å². The molecule has 2 N–H and O–H groups in total. The molecule has 38 heavy (non-hydrogen) atoms. The largest absolute Gasteiger partial charge is 0.425 e. The second-order valence-electron chi connectivity index (χ2n) is 14.0. The van der Waals surface area contributed by atoms with Crippen molar-refractivity contribution in [3.63, 3.8) is 0 Å². The number of allylic oxidation sites excluding steroid dienone is 2. The zero-order chi connectivity index (χ0) is 27.2. The number of nitrogens with zero attached hydrogens (tertiary/aromatic N) is 1. The van der Waals surface area contributed by atoms with E-state index in [0.29, 0.717) is 5.92 Å². The number of ether oxygens (including phenoxy) is 1. The molecule has 0 radical (unpaired) electrons. The van der Waals surface area contributed by atoms with Crippen molar-refractivity contribution in [3.8, 4) is 0 Å². The highest BCUT2D eigenvalue weighted by molar-refractivity contribution is 5.75. The summed E-state index contributed by atoms with van der Waals surface area (Å²) in [6.45, 7) is 13.7. The molecule has 1 aromatic heterocycles. The molecular formula is C34H47FNO2+. The fraction of sp³-hybridized carbons (Fsp3) is 0.618. The highest BCUT2D eigenvalue weighted by Gasteiger charge is 2.44. The van der Waals surface area contributed by atoms with Crippen LogP contribution in [-0.4, -0.2) is 20.9 Å². The van der Waals surface area contributed by atoms with Crippen LogP contribution in [0.1, 0.15) is 145 Å². The standard InChI is InChI=1S/C34H46FNO2/c1-21(33(2,3)4)38-27-20-34(5,6)19-26-29(27)28(22-11-7-8-12-22)30(31(36-26)23-13-9-10-14-23)32(37)24-15-17-25(35)18-16-24/h11,15-18,21,23,27,32,37H,7-10,12-14,19-20H2,1-6H3/p+1/t21?,27?,32-/m1/s1. The van der Waals surface area contributed by atoms with E-state index in [1.165, 1.54) is 47.4 Å². The molecule has 0 saturated heterocycles. The third-order valence-electron chi connectivity index (χ3n) is 9.33. The van der Waals surface area contributed by atoms with Gasteiger partial charge in [-0.15, -0.1) is 0 Å². The molecule has 1 saturated carbocycles. The van der Waals surface area contributed by atoms with Gasteiger partial charge in [-0.1, -0.05) is 65.7 Å². The van der Waals surface area contributed by atoms with Crippen LogP contribution in [0.2, 0.25) is 0 Å². The van der Waals surface area contributed by atoms with Crippen molar-refractivity contribution < 1.29 is 14.2 Å². The quantitative estimate of drug-likeness (QED) is 0.388. The lowest BCUT2D eigenvalue weighted by Gasteiger charge is -2.39. The van der Waals surface area contributed by atoms with E-state index in [1.807, 2.05) is 0 Å². The monoisotopic (exact) mass is 520 g/mol. The van der Waals surface area contributed by atoms with E-state index in [2.05, 4.69) is 47.6 Å². The van der Waals surface area contributed by atoms with Crippen LogP contribution in [0.4, 0.5) is 4.39 Å². The van der Waals surface area contributed by atoms with Gasteiger partial charge in [0.1, 0.15) is 11.9 Å². The van der Waals surface area contributed by atoms with Gasteiger partial charge in [-0.25, -0.2) is 4.39 Å². The number of halogens is 1. The van der Waals surface area contributed by atoms with Crippen LogP contribution in [0.15, 0.2) is 30.3 Å². The summed E-state index contributed by atoms with van der Waals surface area (Å²) in [6, 6.07) is 6.38. The zero-order valence-electron chi connectivity index (χ0n) is 24.3. The molecule has 3 aliphatic rings. The van der Waals surface area contributed by atoms with Crippen LogP contribution >= 0.6 is 0 Å². The van der Waals surface area contributed by atoms with Gasteiger partial charge in [-0.2, -0.15) is 0 Å². The van der Waals surface area contributed by atoms with Crippen LogP contribution < -0.4 is 0 Å². The Morgan fingerprint density at radius 3 is 2.37 bits per heavy atom. The molecule has 3 atom stereocenters. The molecular weight excluding hydrogens is 473 g/mol. The molecule has 5 rings (SSSR count). The van der Waals surface area contributed by atoms with E-state index in [4.69, 9.17) is 9.72 Å². The predicted octanol–water partition coefficient (Wildman–Crippen LogP) is 8.50. The average Bonchev–Trinajstić information content (AvgIpc) is 3.56. The van der Waals surface area contributed by atoms with Gasteiger partial charge in [0.25, 0.3) is 0 Å². The second kappa shape index (κ2) is 10.5. The highest BCUT2D eigenvalue weighted by atomic mass is 19.1. The minimum absolute atomic E-state index is 0.0452. The second-order valence-corrected chi connectivity index (χ2v) is 14.0. The Kier molecular flexibility index (Phi) is 7.61. The van der Waals surface area contributed by atoms with Gasteiger partial charge in [0.2, 0.25) is 0 Å². The normalized spacial score (nSPS) is 23.3. The number of pyridine rings is 1. The van der Waals surface area contributed by atoms with Crippen LogP contribution in [-0.2, 0) is 6.42 Å². The van der Waals surface area contributed by atoms with E-state index in [-0.39, 0.29) is 28.9 Å². The topological polar surface area (TPSA) is 45.9 Å². The van der Waals surface area contributed by atoms with Crippen molar-refractivity contribution >= 4 is 5.57 Å². The Morgan fingerprint density at radius 1 is 1.08 bits per heavy atom. The fourth-order valence-corrected chi connectivity index (χ4v) is 6.79. The number of benzene rings is 1. The Hall–Kier alpha value is -2.04. The van der Waals surface area contributed by atoms with Gasteiger partial charge >= 0.3 is 0 Å². The summed E-state index contributed by atoms with van der Waals surface area (Å²) < 4.78 is 19.3. The zero-order valence-corrected chi connectivity index (χ0v) is 24.3. The number of aliphatic hydroxyl groups excluding tert-OH is 1. The number of aromatic nitrogens is 1. The van der Waals surface area contributed by atoms with E-state index in [1.54, 1.807) is 12.1 Å². The lowest BCUT2D eigenvalue weighted by Crippen LogP contribution is -2.37. The van der Waals surface area contributed by atoms with Crippen molar-refractivity contribution in [3.05, 3.63) is 69.8 Å². The van der Waals surface area contributed by atoms with Gasteiger partial charge in [0.05, 0.1) is 17.0 Å². The number of aliphatic hydroxyl groups is 3. The molecule has 206 valence electrons. The molecule has 1 fully saturated rings. The first-order valence-electron chi connectivity index (χ1n) is 14.8. The molecule has 0 aliphatic heterocycles. The van der Waals surface area contributed by atoms with Gasteiger partial charge in [-0.3, -0.25) is 4.98 Å². The molecule has 1 aromatic carbocycles. The van der Waals surface area contributed by atoms with Crippen LogP contribution in [0.3, 0.4) is 0 Å². The third kappa shape index (κ3) is 5.49. The van der Waals surface area contributed by atoms with E-state index >= 15 is 0 Å². The van der Waals surface area contributed by atoms with Gasteiger partial charge < -0.3 is 9.84 Å². The van der Waals surface area contributed by atoms with Crippen molar-refractivity contribution in [2.45, 2.75) is 124 Å². The lowest BCUT2D eigenvalue weighted by molar-refractivity contribution is -0.205. The average molecular weight is 521 g/mol. The summed E-state index contributed by atoms with van der Waals surface area (Å²) in [7, 11) is 0. The van der Waals surface area contributed by atoms with Gasteiger partial charge in [-0.05, 0) is 72.8 Å². The summed E-state index contributed by atoms with van der Waals surface area (Å²) >= 11 is 0. The molecule has 3 aliphatic carbocycles. The van der Waals surface area contributed by atoms with E-state index in [0.717, 1.165) is 61.8 Å². The SMILES string of the molecule is CC([OH+]C1CC(C)(C)Cc2nc(C3CCCC3)c([C@H](O)c3ccc(F)cc3)c(C3=CCCC3)c21)C(C)(C)C. The molecule has 1 heterocycles. The predicted molar refractivity (Wildman–Crippen MR) is 154 cm³/mol. The Labute approximate surface area is 228 Å². The Balaban J connectivity index is 1.77. The summed E-state index contributed by atoms with van der Waals surface area (Å²) in [4.78, 5) is 5.49. The highest BCUT2D eigenvalue weighted by Crippen LogP contribution is 2.51. The van der Waals surface area contributed by atoms with E-state index in [9.17, 15) is 9.50 Å². The molecule has 0 spiro atoms. The summed E-state index contributed by atoms with van der Waals surface area (Å²) in [5.74, 6) is 0.0802. The van der Waals surface area contributed by atoms with Crippen molar-refractivity contribution in [1.29, 1.82) is 0 Å². The first kappa shape index (κ1) is 27.5. The summed E-state index contributed by atoms with van der Waals surface area (Å²) in [5.41, 5.74) is 7.99. The van der Waals surface area contributed by atoms with Crippen LogP contribution in [0.25, 0.3) is 5.57 Å². The molecule has 0 amide bonds. The van der Waals surface area contributed by atoms with Crippen LogP contribution in [0, 0.1) is 16.6 Å². The minimum atomic E-state index is -0.837. The van der Waals surface area contributed by atoms with Crippen LogP contribution in [0.5, 0.6) is 0 Å². The molecule has 3 nitrogen and oxygen atoms in total. The number of hydrogen-bond acceptors (Lipinski definition) is 2. The third-order valence-corrected chi connectivity index (χ3v) is 9.33. The lowest BCUT2D eigenvalue weighted by atomic mass is 9.71. The van der Waals surface area contributed by atoms with Gasteiger partial charge in [0, 0.05) is 30.2 Å². The maximum atomic E-state index is 13.9. The van der Waals surface area contributed by atoms with Gasteiger partial charge in [0.15, 0.2) is 12.2 Å². The maximum absolute atomic E-state index is 13.9. The summed E-state index contributed by atoms with van der Waals surface area (Å²) in [5, 5.41) is 12.0. The molecule has 2 unspecified atom stereocenters. The maximum Gasteiger partial charge on any atom is 0.184 e. The smallest absolute Gasteiger partial charge is 0.184 e. The molecule has 4 heteroatoms. The molecule has 0 bridgehead atoms. The van der Waals surface area contributed by atoms with E-state index < -0.39 is 6.10 Å². The number of hydrogen-bond donors (Lipinski definition) is 1. The molecule has 2 aromatic rings. The number of fused-ring (bicyclic) bond motifs is 1. The van der Waals surface area contributed by atoms with Crippen molar-refractivity contribution in [2.75, 3.05) is 0 Å². The minimum Gasteiger partial charge on any atom is -0.425 e. The number of rotatable bonds is 6. The first-order chi connectivity index (χ1) is 17.9. The Bertz CT molecular complexity index is 1180.